The molecule has 1 saturated heterocycles. The summed E-state index contributed by atoms with van der Waals surface area (Å²) in [6.45, 7) is 28.0. The molecule has 2 aromatic heterocycles. The van der Waals surface area contributed by atoms with Crippen molar-refractivity contribution in [1.82, 2.24) is 0 Å². The number of rotatable bonds is 11. The molecule has 3 nitrogen and oxygen atoms in total. The highest BCUT2D eigenvalue weighted by Gasteiger charge is 2.44. The fraction of sp³-hybridized carbons (Fsp3) is 0.449. The lowest BCUT2D eigenvalue weighted by Crippen LogP contribution is -2.26. The van der Waals surface area contributed by atoms with Crippen LogP contribution in [0.3, 0.4) is 0 Å². The van der Waals surface area contributed by atoms with Gasteiger partial charge in [-0.2, -0.15) is 0 Å². The fourth-order valence-corrected chi connectivity index (χ4v) is 12.1. The molecule has 0 bridgehead atoms. The van der Waals surface area contributed by atoms with E-state index >= 15 is 0 Å². The quantitative estimate of drug-likeness (QED) is 0.127. The molecule has 280 valence electrons. The summed E-state index contributed by atoms with van der Waals surface area (Å²) in [5.41, 5.74) is 13.5. The Labute approximate surface area is 320 Å². The van der Waals surface area contributed by atoms with Crippen LogP contribution >= 0.6 is 7.92 Å². The van der Waals surface area contributed by atoms with Crippen LogP contribution in [0.4, 0.5) is 0 Å². The van der Waals surface area contributed by atoms with E-state index in [4.69, 9.17) is 8.83 Å². The maximum absolute atomic E-state index is 13.9. The van der Waals surface area contributed by atoms with E-state index in [-0.39, 0.29) is 17.1 Å². The monoisotopic (exact) mass is 728 g/mol. The van der Waals surface area contributed by atoms with E-state index in [0.717, 1.165) is 11.5 Å². The number of hydrogen-bond donors (Lipinski definition) is 0. The maximum Gasteiger partial charge on any atom is 0.135 e. The van der Waals surface area contributed by atoms with E-state index in [9.17, 15) is 4.79 Å². The van der Waals surface area contributed by atoms with E-state index in [1.165, 1.54) is 60.9 Å². The molecule has 6 rings (SSSR count). The molecule has 3 aromatic carbocycles. The molecule has 0 spiro atoms. The lowest BCUT2D eigenvalue weighted by molar-refractivity contribution is -0.119. The van der Waals surface area contributed by atoms with Gasteiger partial charge in [0.25, 0.3) is 0 Å². The van der Waals surface area contributed by atoms with Crippen molar-refractivity contribution >= 4 is 19.0 Å². The van der Waals surface area contributed by atoms with Crippen LogP contribution in [0.2, 0.25) is 0 Å². The van der Waals surface area contributed by atoms with E-state index in [1.54, 1.807) is 12.5 Å². The van der Waals surface area contributed by atoms with Gasteiger partial charge in [0.05, 0.1) is 12.5 Å². The third kappa shape index (κ3) is 7.66. The van der Waals surface area contributed by atoms with Crippen molar-refractivity contribution in [2.45, 2.75) is 143 Å². The van der Waals surface area contributed by atoms with Gasteiger partial charge in [-0.25, -0.2) is 0 Å². The minimum absolute atomic E-state index is 0.0869. The summed E-state index contributed by atoms with van der Waals surface area (Å²) >= 11 is 0. The first-order valence-corrected chi connectivity index (χ1v) is 21.5. The van der Waals surface area contributed by atoms with Crippen LogP contribution in [0, 0.1) is 0 Å². The number of furan rings is 2. The van der Waals surface area contributed by atoms with Crippen molar-refractivity contribution in [2.24, 2.45) is 0 Å². The van der Waals surface area contributed by atoms with E-state index in [0.29, 0.717) is 48.3 Å². The fourth-order valence-electron chi connectivity index (χ4n) is 8.44. The topological polar surface area (TPSA) is 43.4 Å². The molecule has 0 N–H and O–H groups in total. The van der Waals surface area contributed by atoms with E-state index in [2.05, 4.69) is 138 Å². The lowest BCUT2D eigenvalue weighted by Gasteiger charge is -2.40. The van der Waals surface area contributed by atoms with E-state index in [1.807, 2.05) is 12.1 Å². The van der Waals surface area contributed by atoms with E-state index < -0.39 is 7.92 Å². The van der Waals surface area contributed by atoms with Crippen molar-refractivity contribution in [2.75, 3.05) is 0 Å². The summed E-state index contributed by atoms with van der Waals surface area (Å²) in [5.74, 6) is 4.20. The Bertz CT molecular complexity index is 1830. The second-order valence-electron chi connectivity index (χ2n) is 17.2. The molecule has 53 heavy (non-hydrogen) atoms. The van der Waals surface area contributed by atoms with Crippen molar-refractivity contribution in [3.05, 3.63) is 124 Å². The van der Waals surface area contributed by atoms with Gasteiger partial charge in [-0.3, -0.25) is 4.79 Å². The van der Waals surface area contributed by atoms with Gasteiger partial charge in [0.15, 0.2) is 0 Å². The molecule has 2 atom stereocenters. The molecule has 1 fully saturated rings. The molecule has 0 radical (unpaired) electrons. The molecule has 1 aliphatic heterocycles. The van der Waals surface area contributed by atoms with Crippen molar-refractivity contribution in [3.63, 3.8) is 0 Å². The zero-order chi connectivity index (χ0) is 38.3. The van der Waals surface area contributed by atoms with Gasteiger partial charge in [-0.1, -0.05) is 133 Å². The van der Waals surface area contributed by atoms with Crippen molar-refractivity contribution in [3.8, 4) is 22.3 Å². The SMILES string of the molecule is CC(C)c1cc(C(C)C)c(-c2cccc(-c3c(C(C)C)cc(C(C)C)cc3C(C)C)c2P2C(c3ccco3)CC(=O)CC2c2ccco2)c(C(C)C)c1. The third-order valence-corrected chi connectivity index (χ3v) is 14.6. The van der Waals surface area contributed by atoms with Crippen LogP contribution in [-0.2, 0) is 4.79 Å². The molecular formula is C49H61O3P. The van der Waals surface area contributed by atoms with Crippen LogP contribution in [0.25, 0.3) is 22.3 Å². The Morgan fingerprint density at radius 2 is 0.868 bits per heavy atom. The van der Waals surface area contributed by atoms with Crippen LogP contribution in [0.1, 0.15) is 188 Å². The largest absolute Gasteiger partial charge is 0.469 e. The smallest absolute Gasteiger partial charge is 0.135 e. The summed E-state index contributed by atoms with van der Waals surface area (Å²) in [4.78, 5) is 13.9. The number of carbonyl (C=O) groups is 1. The first-order chi connectivity index (χ1) is 25.2. The lowest BCUT2D eigenvalue weighted by atomic mass is 9.79. The molecule has 2 unspecified atom stereocenters. The number of Topliss-reactive ketones (excluding diaryl/α,β-unsaturated/α-hetero) is 1. The molecule has 0 aliphatic carbocycles. The summed E-state index contributed by atoms with van der Waals surface area (Å²) in [6, 6.07) is 25.2. The normalized spacial score (nSPS) is 18.2. The van der Waals surface area contributed by atoms with Gasteiger partial charge in [-0.05, 0) is 121 Å². The predicted molar refractivity (Wildman–Crippen MR) is 226 cm³/mol. The van der Waals surface area contributed by atoms with Crippen molar-refractivity contribution < 1.29 is 13.6 Å². The molecule has 0 saturated carbocycles. The number of benzene rings is 3. The first-order valence-electron chi connectivity index (χ1n) is 20.0. The maximum atomic E-state index is 13.9. The summed E-state index contributed by atoms with van der Waals surface area (Å²) < 4.78 is 12.6. The third-order valence-electron chi connectivity index (χ3n) is 11.4. The molecule has 5 aromatic rings. The second kappa shape index (κ2) is 16.0. The van der Waals surface area contributed by atoms with Crippen LogP contribution in [0.15, 0.2) is 88.1 Å². The Morgan fingerprint density at radius 1 is 0.509 bits per heavy atom. The van der Waals surface area contributed by atoms with Gasteiger partial charge in [0, 0.05) is 24.2 Å². The average molecular weight is 729 g/mol. The summed E-state index contributed by atoms with van der Waals surface area (Å²) in [5, 5.41) is 1.37. The summed E-state index contributed by atoms with van der Waals surface area (Å²) in [6.07, 6.45) is 4.47. The Hall–Kier alpha value is -3.68. The molecular weight excluding hydrogens is 668 g/mol. The standard InChI is InChI=1S/C49H61O3P/c1-28(2)34-22-39(30(5)6)47(40(23-34)31(7)8)37-16-13-17-38(48-41(32(9)10)24-35(29(3)4)25-42(48)33(11)12)49(37)53-45(43-18-14-20-51-43)26-36(50)27-46(53)44-19-15-21-52-44/h13-25,28-33,45-46H,26-27H2,1-12H3. The average Bonchev–Trinajstić information content (AvgIpc) is 3.85. The van der Waals surface area contributed by atoms with Crippen LogP contribution in [0.5, 0.6) is 0 Å². The van der Waals surface area contributed by atoms with Gasteiger partial charge >= 0.3 is 0 Å². The number of hydrogen-bond acceptors (Lipinski definition) is 3. The second-order valence-corrected chi connectivity index (χ2v) is 19.7. The molecule has 4 heteroatoms. The van der Waals surface area contributed by atoms with Crippen LogP contribution in [-0.4, -0.2) is 5.78 Å². The predicted octanol–water partition coefficient (Wildman–Crippen LogP) is 14.9. The zero-order valence-electron chi connectivity index (χ0n) is 34.2. The number of carbonyl (C=O) groups excluding carboxylic acids is 1. The minimum Gasteiger partial charge on any atom is -0.469 e. The number of ketones is 1. The Balaban J connectivity index is 1.84. The highest BCUT2D eigenvalue weighted by atomic mass is 31.1. The molecule has 0 amide bonds. The Morgan fingerprint density at radius 3 is 1.15 bits per heavy atom. The van der Waals surface area contributed by atoms with Crippen molar-refractivity contribution in [1.29, 1.82) is 0 Å². The molecule has 3 heterocycles. The highest BCUT2D eigenvalue weighted by molar-refractivity contribution is 7.67. The highest BCUT2D eigenvalue weighted by Crippen LogP contribution is 2.68. The Kier molecular flexibility index (Phi) is 11.8. The van der Waals surface area contributed by atoms with Gasteiger partial charge in [0.2, 0.25) is 0 Å². The van der Waals surface area contributed by atoms with Crippen LogP contribution < -0.4 is 5.30 Å². The first kappa shape index (κ1) is 39.0. The van der Waals surface area contributed by atoms with Gasteiger partial charge < -0.3 is 8.83 Å². The van der Waals surface area contributed by atoms with Gasteiger partial charge in [-0.15, -0.1) is 0 Å². The zero-order valence-corrected chi connectivity index (χ0v) is 35.1. The van der Waals surface area contributed by atoms with Gasteiger partial charge in [0.1, 0.15) is 17.3 Å². The molecule has 1 aliphatic rings. The summed E-state index contributed by atoms with van der Waals surface area (Å²) in [7, 11) is -1.09. The minimum atomic E-state index is -1.09.